The van der Waals surface area contributed by atoms with E-state index in [9.17, 15) is 14.6 Å². The highest BCUT2D eigenvalue weighted by Gasteiger charge is 2.61. The molecule has 0 bridgehead atoms. The maximum absolute atomic E-state index is 11.4. The fourth-order valence-electron chi connectivity index (χ4n) is 8.85. The molecule has 182 valence electrons. The first kappa shape index (κ1) is 24.8. The molecule has 0 amide bonds. The minimum absolute atomic E-state index is 0.0839. The lowest BCUT2D eigenvalue weighted by molar-refractivity contribution is -0.190. The van der Waals surface area contributed by atoms with Crippen molar-refractivity contribution >= 4 is 8.25 Å². The summed E-state index contributed by atoms with van der Waals surface area (Å²) < 4.78 is 16.3. The van der Waals surface area contributed by atoms with Gasteiger partial charge in [0.05, 0.1) is 6.10 Å². The molecule has 0 aromatic rings. The van der Waals surface area contributed by atoms with Gasteiger partial charge in [-0.05, 0) is 89.4 Å². The minimum atomic E-state index is -2.81. The summed E-state index contributed by atoms with van der Waals surface area (Å²) in [4.78, 5) is 11.1. The third kappa shape index (κ3) is 4.39. The molecular formula is C27H45O4P. The Morgan fingerprint density at radius 2 is 1.88 bits per heavy atom. The zero-order chi connectivity index (χ0) is 23.3. The highest BCUT2D eigenvalue weighted by molar-refractivity contribution is 7.30. The second kappa shape index (κ2) is 9.40. The Morgan fingerprint density at radius 1 is 1.12 bits per heavy atom. The first-order chi connectivity index (χ1) is 15.1. The lowest BCUT2D eigenvalue weighted by Gasteiger charge is -2.59. The molecular weight excluding hydrogens is 419 g/mol. The number of hydrogen-bond donors (Lipinski definition) is 1. The zero-order valence-electron chi connectivity index (χ0n) is 20.9. The summed E-state index contributed by atoms with van der Waals surface area (Å²) in [5.74, 6) is 3.80. The molecule has 4 aliphatic carbocycles. The van der Waals surface area contributed by atoms with Gasteiger partial charge in [0, 0.05) is 6.42 Å². The third-order valence-corrected chi connectivity index (χ3v) is 11.0. The van der Waals surface area contributed by atoms with Gasteiger partial charge < -0.3 is 10.00 Å². The van der Waals surface area contributed by atoms with Gasteiger partial charge in [-0.25, -0.2) is 0 Å². The van der Waals surface area contributed by atoms with Crippen molar-refractivity contribution in [1.82, 2.24) is 0 Å². The summed E-state index contributed by atoms with van der Waals surface area (Å²) in [6.45, 7) is 12.1. The van der Waals surface area contributed by atoms with Crippen LogP contribution in [-0.2, 0) is 9.09 Å². The molecule has 0 saturated heterocycles. The van der Waals surface area contributed by atoms with Gasteiger partial charge in [0.15, 0.2) is 0 Å². The molecule has 0 aromatic carbocycles. The second-order valence-electron chi connectivity index (χ2n) is 12.6. The normalized spacial score (nSPS) is 45.0. The van der Waals surface area contributed by atoms with Crippen LogP contribution >= 0.6 is 8.25 Å². The molecule has 0 aliphatic heterocycles. The van der Waals surface area contributed by atoms with Gasteiger partial charge in [-0.15, -0.1) is 4.52 Å². The average Bonchev–Trinajstić information content (AvgIpc) is 3.05. The van der Waals surface area contributed by atoms with Gasteiger partial charge in [0.2, 0.25) is 0 Å². The summed E-state index contributed by atoms with van der Waals surface area (Å²) in [7, 11) is -2.81. The minimum Gasteiger partial charge on any atom is -0.566 e. The van der Waals surface area contributed by atoms with Crippen molar-refractivity contribution in [2.75, 3.05) is 0 Å². The number of aliphatic hydroxyl groups excluding tert-OH is 1. The van der Waals surface area contributed by atoms with Gasteiger partial charge in [0.25, 0.3) is 0 Å². The van der Waals surface area contributed by atoms with Gasteiger partial charge in [0.1, 0.15) is 6.10 Å². The van der Waals surface area contributed by atoms with E-state index in [1.165, 1.54) is 50.5 Å². The predicted molar refractivity (Wildman–Crippen MR) is 127 cm³/mol. The smallest absolute Gasteiger partial charge is 0.488 e. The standard InChI is InChI=1S/C27H45O4P/c1-17(2)7-6-8-18(3)21-9-10-22-25-23(12-14-27(21,22)5)26(4)13-11-20(31-32(29)30)15-19(26)16-24(25)28/h16-18,20-25,28H,6-15H2,1-5H3/t18-,20+,21-,22+,23+,24+,25+,26+,27-/m1/s1. The second-order valence-corrected chi connectivity index (χ2v) is 13.3. The van der Waals surface area contributed by atoms with Crippen LogP contribution in [-0.4, -0.2) is 17.3 Å². The maximum atomic E-state index is 11.4. The molecule has 0 spiro atoms. The molecule has 5 heteroatoms. The molecule has 0 aromatic heterocycles. The van der Waals surface area contributed by atoms with Crippen LogP contribution in [0.1, 0.15) is 98.8 Å². The lowest BCUT2D eigenvalue weighted by Crippen LogP contribution is -2.55. The van der Waals surface area contributed by atoms with Crippen LogP contribution in [0.5, 0.6) is 0 Å². The largest absolute Gasteiger partial charge is 0.566 e. The Kier molecular flexibility index (Phi) is 7.30. The van der Waals surface area contributed by atoms with Crippen molar-refractivity contribution < 1.29 is 19.1 Å². The topological polar surface area (TPSA) is 69.6 Å². The molecule has 3 saturated carbocycles. The first-order valence-electron chi connectivity index (χ1n) is 13.3. The van der Waals surface area contributed by atoms with Crippen molar-refractivity contribution in [2.45, 2.75) is 111 Å². The highest BCUT2D eigenvalue weighted by Crippen LogP contribution is 2.67. The van der Waals surface area contributed by atoms with Gasteiger partial charge >= 0.3 is 8.25 Å². The van der Waals surface area contributed by atoms with Crippen molar-refractivity contribution in [3.8, 4) is 0 Å². The van der Waals surface area contributed by atoms with Crippen molar-refractivity contribution in [1.29, 1.82) is 0 Å². The van der Waals surface area contributed by atoms with E-state index < -0.39 is 14.4 Å². The van der Waals surface area contributed by atoms with E-state index in [0.717, 1.165) is 30.6 Å². The van der Waals surface area contributed by atoms with E-state index in [4.69, 9.17) is 4.52 Å². The number of rotatable bonds is 7. The summed E-state index contributed by atoms with van der Waals surface area (Å²) in [5, 5.41) is 11.4. The van der Waals surface area contributed by atoms with E-state index in [1.807, 2.05) is 0 Å². The molecule has 32 heavy (non-hydrogen) atoms. The van der Waals surface area contributed by atoms with Crippen LogP contribution in [0.2, 0.25) is 0 Å². The fraction of sp³-hybridized carbons (Fsp3) is 0.926. The predicted octanol–water partition coefficient (Wildman–Crippen LogP) is 6.40. The van der Waals surface area contributed by atoms with E-state index in [-0.39, 0.29) is 11.5 Å². The number of hydrogen-bond acceptors (Lipinski definition) is 4. The highest BCUT2D eigenvalue weighted by atomic mass is 31.1. The van der Waals surface area contributed by atoms with Gasteiger partial charge in [-0.3, -0.25) is 0 Å². The molecule has 10 atom stereocenters. The van der Waals surface area contributed by atoms with Crippen molar-refractivity contribution in [3.05, 3.63) is 11.6 Å². The van der Waals surface area contributed by atoms with E-state index >= 15 is 0 Å². The maximum Gasteiger partial charge on any atom is 0.488 e. The van der Waals surface area contributed by atoms with Crippen LogP contribution in [0.4, 0.5) is 0 Å². The first-order valence-corrected chi connectivity index (χ1v) is 14.4. The Labute approximate surface area is 196 Å². The number of fused-ring (bicyclic) bond motifs is 5. The van der Waals surface area contributed by atoms with Crippen LogP contribution in [0.15, 0.2) is 11.6 Å². The molecule has 4 aliphatic rings. The lowest BCUT2D eigenvalue weighted by atomic mass is 9.46. The van der Waals surface area contributed by atoms with Crippen molar-refractivity contribution in [3.63, 3.8) is 0 Å². The summed E-state index contributed by atoms with van der Waals surface area (Å²) in [5.41, 5.74) is 1.68. The zero-order valence-corrected chi connectivity index (χ0v) is 21.8. The quantitative estimate of drug-likeness (QED) is 0.349. The Morgan fingerprint density at radius 3 is 2.56 bits per heavy atom. The number of aliphatic hydroxyl groups is 1. The van der Waals surface area contributed by atoms with Gasteiger partial charge in [-0.1, -0.05) is 65.5 Å². The van der Waals surface area contributed by atoms with Gasteiger partial charge in [-0.2, -0.15) is 0 Å². The summed E-state index contributed by atoms with van der Waals surface area (Å²) in [6, 6.07) is 0. The monoisotopic (exact) mass is 464 g/mol. The Balaban J connectivity index is 1.51. The summed E-state index contributed by atoms with van der Waals surface area (Å²) in [6.07, 6.45) is 12.9. The molecule has 4 nitrogen and oxygen atoms in total. The average molecular weight is 465 g/mol. The van der Waals surface area contributed by atoms with Crippen LogP contribution < -0.4 is 4.89 Å². The van der Waals surface area contributed by atoms with Crippen LogP contribution in [0.25, 0.3) is 0 Å². The van der Waals surface area contributed by atoms with E-state index in [2.05, 4.69) is 40.7 Å². The molecule has 1 N–H and O–H groups in total. The molecule has 1 unspecified atom stereocenters. The van der Waals surface area contributed by atoms with Crippen LogP contribution in [0.3, 0.4) is 0 Å². The third-order valence-electron chi connectivity index (χ3n) is 10.5. The van der Waals surface area contributed by atoms with E-state index in [1.54, 1.807) is 0 Å². The Hall–Kier alpha value is -0.280. The molecule has 3 fully saturated rings. The Bertz CT molecular complexity index is 735. The van der Waals surface area contributed by atoms with Crippen LogP contribution in [0, 0.1) is 46.3 Å². The SMILES string of the molecule is CC(C)CCC[C@@H](C)[C@H]1CC[C@H]2[C@@H]3[C@@H](O)C=C4C[C@@H](O[P+](=O)[O-])CC[C@]4(C)[C@H]3CC[C@]12C. The molecule has 0 heterocycles. The summed E-state index contributed by atoms with van der Waals surface area (Å²) >= 11 is 0. The molecule has 4 rings (SSSR count). The molecule has 0 radical (unpaired) electrons. The van der Waals surface area contributed by atoms with E-state index in [0.29, 0.717) is 29.6 Å². The van der Waals surface area contributed by atoms with Crippen molar-refractivity contribution in [2.24, 2.45) is 46.3 Å². The fourth-order valence-corrected chi connectivity index (χ4v) is 9.28.